The highest BCUT2D eigenvalue weighted by Crippen LogP contribution is 2.36. The molecular weight excluding hydrogens is 422 g/mol. The Hall–Kier alpha value is -2.95. The third kappa shape index (κ3) is 5.15. The maximum Gasteiger partial charge on any atom is 0.234 e. The Morgan fingerprint density at radius 2 is 2.07 bits per heavy atom. The third-order valence-corrected chi connectivity index (χ3v) is 5.95. The number of nitrogens with zero attached hydrogens (tertiary/aromatic N) is 1. The first kappa shape index (κ1) is 21.8. The lowest BCUT2D eigenvalue weighted by Crippen LogP contribution is -2.31. The molecule has 30 heavy (non-hydrogen) atoms. The van der Waals surface area contributed by atoms with Crippen molar-refractivity contribution in [2.75, 3.05) is 18.2 Å². The summed E-state index contributed by atoms with van der Waals surface area (Å²) in [6.45, 7) is 1.87. The quantitative estimate of drug-likeness (QED) is 0.694. The lowest BCUT2D eigenvalue weighted by Gasteiger charge is -2.25. The highest BCUT2D eigenvalue weighted by Gasteiger charge is 2.30. The normalized spacial score (nSPS) is 15.9. The first-order valence-corrected chi connectivity index (χ1v) is 10.5. The monoisotopic (exact) mass is 441 g/mol. The van der Waals surface area contributed by atoms with Crippen LogP contribution in [0.3, 0.4) is 0 Å². The van der Waals surface area contributed by atoms with Gasteiger partial charge in [0.25, 0.3) is 0 Å². The largest absolute Gasteiger partial charge is 0.497 e. The Bertz CT molecular complexity index is 1040. The number of halogens is 1. The average Bonchev–Trinajstić information content (AvgIpc) is 2.74. The summed E-state index contributed by atoms with van der Waals surface area (Å²) in [5.74, 6) is -0.0684. The molecule has 0 saturated carbocycles. The Labute approximate surface area is 184 Å². The molecule has 2 aromatic rings. The van der Waals surface area contributed by atoms with E-state index in [9.17, 15) is 14.9 Å². The van der Waals surface area contributed by atoms with E-state index in [-0.39, 0.29) is 29.9 Å². The van der Waals surface area contributed by atoms with Crippen LogP contribution in [0.2, 0.25) is 5.02 Å². The van der Waals surface area contributed by atoms with Gasteiger partial charge < -0.3 is 15.4 Å². The van der Waals surface area contributed by atoms with E-state index in [1.54, 1.807) is 31.4 Å². The maximum atomic E-state index is 12.4. The van der Waals surface area contributed by atoms with E-state index in [4.69, 9.17) is 16.3 Å². The van der Waals surface area contributed by atoms with E-state index in [1.165, 1.54) is 0 Å². The van der Waals surface area contributed by atoms with Crippen molar-refractivity contribution in [1.29, 1.82) is 5.26 Å². The lowest BCUT2D eigenvalue weighted by molar-refractivity contribution is -0.121. The molecule has 2 amide bonds. The number of hydrogen-bond donors (Lipinski definition) is 2. The molecule has 0 unspecified atom stereocenters. The number of hydrogen-bond acceptors (Lipinski definition) is 5. The predicted octanol–water partition coefficient (Wildman–Crippen LogP) is 4.37. The second kappa shape index (κ2) is 9.70. The minimum Gasteiger partial charge on any atom is -0.497 e. The number of carbonyl (C=O) groups is 2. The van der Waals surface area contributed by atoms with Crippen molar-refractivity contribution in [2.24, 2.45) is 0 Å². The van der Waals surface area contributed by atoms with Crippen molar-refractivity contribution in [3.8, 4) is 11.8 Å². The van der Waals surface area contributed by atoms with Gasteiger partial charge in [0.1, 0.15) is 5.75 Å². The van der Waals surface area contributed by atoms with Crippen LogP contribution in [-0.2, 0) is 9.59 Å². The number of amides is 2. The number of aryl methyl sites for hydroxylation is 1. The van der Waals surface area contributed by atoms with Gasteiger partial charge in [0.15, 0.2) is 0 Å². The van der Waals surface area contributed by atoms with Crippen molar-refractivity contribution in [2.45, 2.75) is 19.3 Å². The lowest BCUT2D eigenvalue weighted by atomic mass is 9.87. The van der Waals surface area contributed by atoms with Gasteiger partial charge in [-0.3, -0.25) is 9.59 Å². The number of methoxy groups -OCH3 is 1. The van der Waals surface area contributed by atoms with Gasteiger partial charge in [0.2, 0.25) is 11.8 Å². The average molecular weight is 442 g/mol. The summed E-state index contributed by atoms with van der Waals surface area (Å²) < 4.78 is 5.17. The highest BCUT2D eigenvalue weighted by atomic mass is 35.5. The van der Waals surface area contributed by atoms with Crippen LogP contribution in [0.4, 0.5) is 5.69 Å². The van der Waals surface area contributed by atoms with Crippen LogP contribution in [0, 0.1) is 18.3 Å². The molecule has 0 spiro atoms. The molecule has 0 radical (unpaired) electrons. The topological polar surface area (TPSA) is 91.2 Å². The van der Waals surface area contributed by atoms with Crippen LogP contribution < -0.4 is 15.4 Å². The third-order valence-electron chi connectivity index (χ3n) is 4.70. The zero-order valence-corrected chi connectivity index (χ0v) is 18.1. The van der Waals surface area contributed by atoms with E-state index < -0.39 is 0 Å². The minimum absolute atomic E-state index is 0.0437. The molecule has 1 atom stereocenters. The summed E-state index contributed by atoms with van der Waals surface area (Å²) >= 11 is 7.12. The Balaban J connectivity index is 1.76. The van der Waals surface area contributed by atoms with Crippen LogP contribution >= 0.6 is 23.4 Å². The molecule has 1 aliphatic heterocycles. The van der Waals surface area contributed by atoms with Gasteiger partial charge in [-0.2, -0.15) is 5.26 Å². The molecule has 8 heteroatoms. The first-order chi connectivity index (χ1) is 14.4. The number of thioether (sulfide) groups is 1. The fraction of sp³-hybridized carbons (Fsp3) is 0.227. The number of anilines is 1. The summed E-state index contributed by atoms with van der Waals surface area (Å²) in [7, 11) is 1.58. The molecule has 0 aromatic heterocycles. The standard InChI is InChI=1S/C22H20ClN3O3S/c1-13-3-6-15(23)9-19(13)25-21(28)12-30-22-18(11-24)17(10-20(27)26-22)14-4-7-16(29-2)8-5-14/h3-9,17H,10,12H2,1-2H3,(H,25,28)(H,26,27)/t17-/m1/s1. The van der Waals surface area contributed by atoms with Crippen molar-refractivity contribution in [1.82, 2.24) is 5.32 Å². The summed E-state index contributed by atoms with van der Waals surface area (Å²) in [6, 6.07) is 14.7. The van der Waals surface area contributed by atoms with Crippen molar-refractivity contribution >= 4 is 40.9 Å². The SMILES string of the molecule is COc1ccc([C@H]2CC(=O)NC(SCC(=O)Nc3cc(Cl)ccc3C)=C2C#N)cc1. The van der Waals surface area contributed by atoms with Crippen LogP contribution in [-0.4, -0.2) is 24.7 Å². The first-order valence-electron chi connectivity index (χ1n) is 9.18. The van der Waals surface area contributed by atoms with Crippen molar-refractivity contribution < 1.29 is 14.3 Å². The van der Waals surface area contributed by atoms with Gasteiger partial charge >= 0.3 is 0 Å². The molecule has 0 saturated heterocycles. The van der Waals surface area contributed by atoms with Gasteiger partial charge in [-0.15, -0.1) is 0 Å². The number of benzene rings is 2. The predicted molar refractivity (Wildman–Crippen MR) is 118 cm³/mol. The van der Waals surface area contributed by atoms with E-state index in [1.807, 2.05) is 25.1 Å². The van der Waals surface area contributed by atoms with Crippen LogP contribution in [0.15, 0.2) is 53.1 Å². The van der Waals surface area contributed by atoms with E-state index in [0.717, 1.165) is 22.9 Å². The van der Waals surface area contributed by atoms with Gasteiger partial charge in [-0.25, -0.2) is 0 Å². The van der Waals surface area contributed by atoms with Crippen molar-refractivity contribution in [3.05, 3.63) is 69.2 Å². The zero-order chi connectivity index (χ0) is 21.7. The molecule has 154 valence electrons. The van der Waals surface area contributed by atoms with Crippen LogP contribution in [0.1, 0.15) is 23.5 Å². The van der Waals surface area contributed by atoms with Gasteiger partial charge in [0, 0.05) is 23.0 Å². The fourth-order valence-corrected chi connectivity index (χ4v) is 4.16. The molecular formula is C22H20ClN3O3S. The fourth-order valence-electron chi connectivity index (χ4n) is 3.11. The summed E-state index contributed by atoms with van der Waals surface area (Å²) in [5, 5.41) is 16.2. The summed E-state index contributed by atoms with van der Waals surface area (Å²) in [6.07, 6.45) is 0.174. The molecule has 1 heterocycles. The second-order valence-electron chi connectivity index (χ2n) is 6.73. The number of nitriles is 1. The molecule has 3 rings (SSSR count). The molecule has 0 fully saturated rings. The molecule has 2 N–H and O–H groups in total. The van der Waals surface area contributed by atoms with Crippen LogP contribution in [0.5, 0.6) is 5.75 Å². The molecule has 0 aliphatic carbocycles. The van der Waals surface area contributed by atoms with E-state index >= 15 is 0 Å². The number of rotatable bonds is 6. The number of nitrogens with one attached hydrogen (secondary N) is 2. The minimum atomic E-state index is -0.365. The van der Waals surface area contributed by atoms with Crippen molar-refractivity contribution in [3.63, 3.8) is 0 Å². The second-order valence-corrected chi connectivity index (χ2v) is 8.15. The highest BCUT2D eigenvalue weighted by molar-refractivity contribution is 8.03. The molecule has 0 bridgehead atoms. The van der Waals surface area contributed by atoms with Crippen LogP contribution in [0.25, 0.3) is 0 Å². The van der Waals surface area contributed by atoms with Gasteiger partial charge in [0.05, 0.1) is 29.5 Å². The molecule has 2 aromatic carbocycles. The zero-order valence-electron chi connectivity index (χ0n) is 16.5. The smallest absolute Gasteiger partial charge is 0.234 e. The maximum absolute atomic E-state index is 12.4. The Kier molecular flexibility index (Phi) is 7.03. The number of carbonyl (C=O) groups excluding carboxylic acids is 2. The number of allylic oxidation sites excluding steroid dienone is 1. The van der Waals surface area contributed by atoms with Gasteiger partial charge in [-0.05, 0) is 42.3 Å². The van der Waals surface area contributed by atoms with E-state index in [2.05, 4.69) is 16.7 Å². The number of ether oxygens (including phenoxy) is 1. The Morgan fingerprint density at radius 3 is 2.73 bits per heavy atom. The molecule has 1 aliphatic rings. The van der Waals surface area contributed by atoms with E-state index in [0.29, 0.717) is 27.1 Å². The summed E-state index contributed by atoms with van der Waals surface area (Å²) in [5.41, 5.74) is 2.81. The Morgan fingerprint density at radius 1 is 1.33 bits per heavy atom. The molecule has 6 nitrogen and oxygen atoms in total. The summed E-state index contributed by atoms with van der Waals surface area (Å²) in [4.78, 5) is 24.7. The van der Waals surface area contributed by atoms with Gasteiger partial charge in [-0.1, -0.05) is 41.6 Å².